The fourth-order valence-electron chi connectivity index (χ4n) is 4.10. The van der Waals surface area contributed by atoms with Crippen LogP contribution in [-0.4, -0.2) is 0 Å². The van der Waals surface area contributed by atoms with Crippen LogP contribution < -0.4 is 9.47 Å². The lowest BCUT2D eigenvalue weighted by Crippen LogP contribution is -1.96. The van der Waals surface area contributed by atoms with Gasteiger partial charge in [-0.05, 0) is 58.7 Å². The van der Waals surface area contributed by atoms with E-state index in [4.69, 9.17) is 9.47 Å². The molecule has 5 aromatic carbocycles. The Hall–Kier alpha value is -3.86. The van der Waals surface area contributed by atoms with E-state index in [1.807, 2.05) is 72.8 Å². The van der Waals surface area contributed by atoms with Crippen LogP contribution in [0, 0.1) is 0 Å². The van der Waals surface area contributed by atoms with E-state index in [-0.39, 0.29) is 0 Å². The molecule has 0 fully saturated rings. The lowest BCUT2D eigenvalue weighted by molar-refractivity contribution is 0.462. The van der Waals surface area contributed by atoms with Gasteiger partial charge in [0.15, 0.2) is 0 Å². The van der Waals surface area contributed by atoms with Crippen molar-refractivity contribution in [2.24, 2.45) is 0 Å². The summed E-state index contributed by atoms with van der Waals surface area (Å²) in [6, 6.07) is 40.9. The Morgan fingerprint density at radius 2 is 0.750 bits per heavy atom. The molecular formula is C36H28Br2O2. The third-order valence-corrected chi connectivity index (χ3v) is 7.49. The molecule has 0 radical (unpaired) electrons. The number of halogens is 2. The second-order valence-corrected chi connectivity index (χ2v) is 10.3. The molecule has 0 saturated carbocycles. The summed E-state index contributed by atoms with van der Waals surface area (Å²) in [5.74, 6) is 3.17. The highest BCUT2D eigenvalue weighted by Crippen LogP contribution is 2.37. The van der Waals surface area contributed by atoms with Crippen LogP contribution in [0.2, 0.25) is 0 Å². The predicted molar refractivity (Wildman–Crippen MR) is 175 cm³/mol. The molecule has 0 aromatic heterocycles. The Kier molecular flexibility index (Phi) is 9.68. The molecule has 198 valence electrons. The zero-order valence-electron chi connectivity index (χ0n) is 21.8. The minimum Gasteiger partial charge on any atom is -0.457 e. The number of hydrogen-bond donors (Lipinski definition) is 0. The van der Waals surface area contributed by atoms with Crippen molar-refractivity contribution >= 4 is 56.2 Å². The van der Waals surface area contributed by atoms with Crippen molar-refractivity contribution in [3.05, 3.63) is 155 Å². The molecule has 40 heavy (non-hydrogen) atoms. The molecule has 0 spiro atoms. The largest absolute Gasteiger partial charge is 0.457 e. The van der Waals surface area contributed by atoms with Crippen LogP contribution in [0.15, 0.2) is 121 Å². The average molecular weight is 652 g/mol. The standard InChI is InChI=1S/C36H28Br2O2/c37-25-31-24-36(40-34-21-17-30(18-22-34)14-12-28-9-5-2-6-10-28)32(26-38)23-35(31)39-33-19-15-29(16-20-33)13-11-27-7-3-1-4-8-27/h1-24H,25-26H2/b13-11+,14-12+. The normalized spacial score (nSPS) is 11.2. The van der Waals surface area contributed by atoms with E-state index in [9.17, 15) is 0 Å². The first-order chi connectivity index (χ1) is 19.7. The molecule has 0 amide bonds. The minimum absolute atomic E-state index is 0.641. The Balaban J connectivity index is 1.28. The van der Waals surface area contributed by atoms with Gasteiger partial charge in [0.05, 0.1) is 0 Å². The summed E-state index contributed by atoms with van der Waals surface area (Å²) >= 11 is 7.25. The molecule has 0 unspecified atom stereocenters. The highest BCUT2D eigenvalue weighted by Gasteiger charge is 2.13. The van der Waals surface area contributed by atoms with Gasteiger partial charge in [0, 0.05) is 21.8 Å². The maximum absolute atomic E-state index is 6.31. The van der Waals surface area contributed by atoms with Crippen LogP contribution in [0.5, 0.6) is 23.0 Å². The monoisotopic (exact) mass is 650 g/mol. The second-order valence-electron chi connectivity index (χ2n) is 9.17. The summed E-state index contributed by atoms with van der Waals surface area (Å²) in [7, 11) is 0. The zero-order valence-corrected chi connectivity index (χ0v) is 25.0. The summed E-state index contributed by atoms with van der Waals surface area (Å²) in [6.07, 6.45) is 8.41. The summed E-state index contributed by atoms with van der Waals surface area (Å²) in [4.78, 5) is 0. The molecule has 4 heteroatoms. The van der Waals surface area contributed by atoms with Gasteiger partial charge in [0.2, 0.25) is 0 Å². The Morgan fingerprint density at radius 1 is 0.425 bits per heavy atom. The van der Waals surface area contributed by atoms with Gasteiger partial charge in [-0.2, -0.15) is 0 Å². The Bertz CT molecular complexity index is 1450. The van der Waals surface area contributed by atoms with Crippen LogP contribution in [0.3, 0.4) is 0 Å². The van der Waals surface area contributed by atoms with E-state index in [1.165, 1.54) is 11.1 Å². The summed E-state index contributed by atoms with van der Waals surface area (Å²) in [6.45, 7) is 0. The third kappa shape index (κ3) is 7.62. The fourth-order valence-corrected chi connectivity index (χ4v) is 4.98. The lowest BCUT2D eigenvalue weighted by Gasteiger charge is -2.16. The van der Waals surface area contributed by atoms with Gasteiger partial charge in [-0.1, -0.05) is 141 Å². The highest BCUT2D eigenvalue weighted by atomic mass is 79.9. The lowest BCUT2D eigenvalue weighted by atomic mass is 10.1. The van der Waals surface area contributed by atoms with E-state index in [0.29, 0.717) is 10.7 Å². The number of hydrogen-bond acceptors (Lipinski definition) is 2. The average Bonchev–Trinajstić information content (AvgIpc) is 3.02. The smallest absolute Gasteiger partial charge is 0.132 e. The number of benzene rings is 5. The van der Waals surface area contributed by atoms with Gasteiger partial charge in [0.25, 0.3) is 0 Å². The molecular weight excluding hydrogens is 624 g/mol. The number of rotatable bonds is 10. The summed E-state index contributed by atoms with van der Waals surface area (Å²) in [5.41, 5.74) is 6.59. The summed E-state index contributed by atoms with van der Waals surface area (Å²) in [5, 5.41) is 1.28. The SMILES string of the molecule is BrCc1cc(Oc2ccc(/C=C/c3ccccc3)cc2)c(CBr)cc1Oc1ccc(/C=C/c2ccccc2)cc1. The van der Waals surface area contributed by atoms with E-state index in [1.54, 1.807) is 0 Å². The second kappa shape index (κ2) is 14.0. The Morgan fingerprint density at radius 3 is 1.07 bits per heavy atom. The highest BCUT2D eigenvalue weighted by molar-refractivity contribution is 9.08. The summed E-state index contributed by atoms with van der Waals surface area (Å²) < 4.78 is 12.6. The van der Waals surface area contributed by atoms with E-state index in [2.05, 4.69) is 105 Å². The zero-order chi connectivity index (χ0) is 27.6. The fraction of sp³-hybridized carbons (Fsp3) is 0.0556. The van der Waals surface area contributed by atoms with Crippen LogP contribution in [-0.2, 0) is 10.7 Å². The van der Waals surface area contributed by atoms with Crippen LogP contribution in [0.25, 0.3) is 24.3 Å². The predicted octanol–water partition coefficient (Wildman–Crippen LogP) is 11.4. The third-order valence-electron chi connectivity index (χ3n) is 6.28. The van der Waals surface area contributed by atoms with Gasteiger partial charge in [-0.15, -0.1) is 0 Å². The van der Waals surface area contributed by atoms with Crippen LogP contribution in [0.1, 0.15) is 33.4 Å². The van der Waals surface area contributed by atoms with Crippen LogP contribution in [0.4, 0.5) is 0 Å². The number of alkyl halides is 2. The molecule has 0 N–H and O–H groups in total. The molecule has 0 heterocycles. The molecule has 2 nitrogen and oxygen atoms in total. The van der Waals surface area contributed by atoms with Crippen molar-refractivity contribution in [1.82, 2.24) is 0 Å². The van der Waals surface area contributed by atoms with Crippen molar-refractivity contribution in [2.45, 2.75) is 10.7 Å². The molecule has 0 atom stereocenters. The Labute approximate surface area is 252 Å². The van der Waals surface area contributed by atoms with Gasteiger partial charge < -0.3 is 9.47 Å². The minimum atomic E-state index is 0.641. The van der Waals surface area contributed by atoms with Crippen molar-refractivity contribution < 1.29 is 9.47 Å². The van der Waals surface area contributed by atoms with Crippen molar-refractivity contribution in [3.63, 3.8) is 0 Å². The molecule has 0 bridgehead atoms. The van der Waals surface area contributed by atoms with Gasteiger partial charge >= 0.3 is 0 Å². The molecule has 0 aliphatic heterocycles. The first-order valence-corrected chi connectivity index (χ1v) is 15.2. The van der Waals surface area contributed by atoms with Gasteiger partial charge in [-0.3, -0.25) is 0 Å². The molecule has 5 rings (SSSR count). The van der Waals surface area contributed by atoms with Crippen LogP contribution >= 0.6 is 31.9 Å². The molecule has 0 aliphatic rings. The quantitative estimate of drug-likeness (QED) is 0.110. The topological polar surface area (TPSA) is 18.5 Å². The van der Waals surface area contributed by atoms with E-state index < -0.39 is 0 Å². The van der Waals surface area contributed by atoms with Gasteiger partial charge in [0.1, 0.15) is 23.0 Å². The van der Waals surface area contributed by atoms with E-state index in [0.717, 1.165) is 45.3 Å². The number of ether oxygens (including phenoxy) is 2. The molecule has 5 aromatic rings. The van der Waals surface area contributed by atoms with E-state index >= 15 is 0 Å². The van der Waals surface area contributed by atoms with Crippen molar-refractivity contribution in [2.75, 3.05) is 0 Å². The first-order valence-electron chi connectivity index (χ1n) is 13.0. The maximum Gasteiger partial charge on any atom is 0.132 e. The van der Waals surface area contributed by atoms with Gasteiger partial charge in [-0.25, -0.2) is 0 Å². The maximum atomic E-state index is 6.31. The molecule has 0 aliphatic carbocycles. The van der Waals surface area contributed by atoms with Crippen molar-refractivity contribution in [1.29, 1.82) is 0 Å². The first kappa shape index (κ1) is 27.7. The van der Waals surface area contributed by atoms with Crippen molar-refractivity contribution in [3.8, 4) is 23.0 Å². The molecule has 0 saturated heterocycles.